The summed E-state index contributed by atoms with van der Waals surface area (Å²) in [6, 6.07) is 16.9. The zero-order valence-electron chi connectivity index (χ0n) is 16.9. The molecule has 31 heavy (non-hydrogen) atoms. The number of aliphatic imine (C=N–C) groups is 1. The number of H-pyrrole nitrogens is 1. The van der Waals surface area contributed by atoms with E-state index in [0.29, 0.717) is 10.7 Å². The van der Waals surface area contributed by atoms with Gasteiger partial charge in [-0.3, -0.25) is 14.8 Å². The lowest BCUT2D eigenvalue weighted by atomic mass is 10.0. The van der Waals surface area contributed by atoms with Gasteiger partial charge in [0, 0.05) is 29.6 Å². The molecule has 1 saturated heterocycles. The van der Waals surface area contributed by atoms with Crippen LogP contribution in [0.1, 0.15) is 24.0 Å². The van der Waals surface area contributed by atoms with Crippen molar-refractivity contribution >= 4 is 17.8 Å². The fourth-order valence-corrected chi connectivity index (χ4v) is 4.01. The Morgan fingerprint density at radius 3 is 2.45 bits per heavy atom. The number of piperidine rings is 1. The topological polar surface area (TPSA) is 91.9 Å². The number of likely N-dealkylation sites (tertiary alicyclic amines) is 1. The predicted octanol–water partition coefficient (Wildman–Crippen LogP) is 1.55. The quantitative estimate of drug-likeness (QED) is 0.527. The van der Waals surface area contributed by atoms with Crippen molar-refractivity contribution in [3.05, 3.63) is 91.6 Å². The van der Waals surface area contributed by atoms with Crippen LogP contribution in [0.2, 0.25) is 5.02 Å². The highest BCUT2D eigenvalue weighted by Gasteiger charge is 2.22. The maximum absolute atomic E-state index is 12.3. The van der Waals surface area contributed by atoms with Crippen LogP contribution in [0.15, 0.2) is 69.2 Å². The van der Waals surface area contributed by atoms with Gasteiger partial charge in [-0.2, -0.15) is 0 Å². The molecule has 2 heterocycles. The van der Waals surface area contributed by atoms with Crippen LogP contribution in [0.5, 0.6) is 5.88 Å². The lowest BCUT2D eigenvalue weighted by Gasteiger charge is -2.27. The molecule has 3 N–H and O–H groups in total. The maximum Gasteiger partial charge on any atom is 0.335 e. The number of aromatic nitrogens is 2. The summed E-state index contributed by atoms with van der Waals surface area (Å²) in [4.78, 5) is 32.8. The average molecular weight is 440 g/mol. The van der Waals surface area contributed by atoms with Crippen LogP contribution >= 0.6 is 11.6 Å². The highest BCUT2D eigenvalue weighted by atomic mass is 35.5. The Morgan fingerprint density at radius 2 is 1.77 bits per heavy atom. The smallest absolute Gasteiger partial charge is 0.335 e. The Hall–Kier alpha value is -3.16. The van der Waals surface area contributed by atoms with E-state index in [0.717, 1.165) is 37.0 Å². The Labute approximate surface area is 184 Å². The molecular formula is C23H24ClN4O3+. The average Bonchev–Trinajstić information content (AvgIpc) is 2.76. The molecule has 1 aromatic heterocycles. The number of hydrogen-bond donors (Lipinski definition) is 3. The minimum Gasteiger partial charge on any atom is -0.493 e. The van der Waals surface area contributed by atoms with Gasteiger partial charge in [-0.15, -0.1) is 0 Å². The van der Waals surface area contributed by atoms with Gasteiger partial charge in [0.2, 0.25) is 5.88 Å². The predicted molar refractivity (Wildman–Crippen MR) is 121 cm³/mol. The first-order valence-electron chi connectivity index (χ1n) is 10.3. The standard InChI is InChI=1S/C23H23ClN4O3/c24-17-6-8-19(9-7-17)28-22(30)20(21(29)26-23(28)31)14-25-18-10-12-27(13-11-18)15-16-4-2-1-3-5-16/h1-9,14,18,30H,10-13,15H2,(H,26,29,31)/p+1. The number of aromatic hydroxyl groups is 1. The Balaban J connectivity index is 1.48. The van der Waals surface area contributed by atoms with Crippen molar-refractivity contribution in [1.82, 2.24) is 9.55 Å². The summed E-state index contributed by atoms with van der Waals surface area (Å²) in [5, 5.41) is 11.1. The van der Waals surface area contributed by atoms with Gasteiger partial charge in [0.05, 0.1) is 24.8 Å². The molecule has 0 bridgehead atoms. The van der Waals surface area contributed by atoms with Gasteiger partial charge in [0.1, 0.15) is 12.1 Å². The molecule has 3 aromatic rings. The molecule has 4 rings (SSSR count). The highest BCUT2D eigenvalue weighted by molar-refractivity contribution is 6.30. The van der Waals surface area contributed by atoms with Crippen LogP contribution in [0.4, 0.5) is 0 Å². The van der Waals surface area contributed by atoms with Gasteiger partial charge in [-0.25, -0.2) is 9.36 Å². The molecule has 1 fully saturated rings. The lowest BCUT2D eigenvalue weighted by Crippen LogP contribution is -3.12. The van der Waals surface area contributed by atoms with E-state index in [4.69, 9.17) is 11.6 Å². The number of rotatable bonds is 5. The van der Waals surface area contributed by atoms with Crippen molar-refractivity contribution in [2.45, 2.75) is 25.4 Å². The molecule has 0 spiro atoms. The normalized spacial score (nSPS) is 19.0. The van der Waals surface area contributed by atoms with E-state index in [2.05, 4.69) is 34.2 Å². The molecule has 8 heteroatoms. The molecular weight excluding hydrogens is 416 g/mol. The van der Waals surface area contributed by atoms with Crippen molar-refractivity contribution in [2.24, 2.45) is 4.99 Å². The zero-order chi connectivity index (χ0) is 21.8. The van der Waals surface area contributed by atoms with Crippen molar-refractivity contribution in [3.63, 3.8) is 0 Å². The third-order valence-corrected chi connectivity index (χ3v) is 5.83. The molecule has 0 radical (unpaired) electrons. The first-order chi connectivity index (χ1) is 15.0. The van der Waals surface area contributed by atoms with Crippen LogP contribution in [-0.2, 0) is 6.54 Å². The number of nitrogens with one attached hydrogen (secondary N) is 2. The summed E-state index contributed by atoms with van der Waals surface area (Å²) in [6.45, 7) is 2.97. The van der Waals surface area contributed by atoms with E-state index in [1.54, 1.807) is 24.3 Å². The van der Waals surface area contributed by atoms with E-state index in [9.17, 15) is 14.7 Å². The van der Waals surface area contributed by atoms with Gasteiger partial charge in [0.25, 0.3) is 5.56 Å². The Morgan fingerprint density at radius 1 is 1.10 bits per heavy atom. The number of halogens is 1. The van der Waals surface area contributed by atoms with Crippen LogP contribution in [-0.4, -0.2) is 40.0 Å². The molecule has 1 aliphatic heterocycles. The molecule has 2 aromatic carbocycles. The van der Waals surface area contributed by atoms with Gasteiger partial charge >= 0.3 is 5.69 Å². The van der Waals surface area contributed by atoms with E-state index in [1.807, 2.05) is 6.07 Å². The van der Waals surface area contributed by atoms with Crippen molar-refractivity contribution in [3.8, 4) is 11.6 Å². The summed E-state index contributed by atoms with van der Waals surface area (Å²) in [7, 11) is 0. The summed E-state index contributed by atoms with van der Waals surface area (Å²) in [5.41, 5.74) is 0.299. The van der Waals surface area contributed by atoms with Gasteiger partial charge < -0.3 is 10.0 Å². The first kappa shape index (κ1) is 21.1. The number of nitrogens with zero attached hydrogens (tertiary/aromatic N) is 2. The number of hydrogen-bond acceptors (Lipinski definition) is 4. The fraction of sp³-hybridized carbons (Fsp3) is 0.261. The van der Waals surface area contributed by atoms with Crippen molar-refractivity contribution in [1.29, 1.82) is 0 Å². The van der Waals surface area contributed by atoms with E-state index < -0.39 is 17.1 Å². The Bertz CT molecular complexity index is 1180. The van der Waals surface area contributed by atoms with Crippen LogP contribution in [0, 0.1) is 0 Å². The minimum absolute atomic E-state index is 0.0337. The van der Waals surface area contributed by atoms with E-state index in [1.165, 1.54) is 16.7 Å². The number of quaternary nitrogens is 1. The second-order valence-electron chi connectivity index (χ2n) is 7.73. The van der Waals surface area contributed by atoms with Gasteiger partial charge in [-0.05, 0) is 24.3 Å². The van der Waals surface area contributed by atoms with E-state index >= 15 is 0 Å². The molecule has 0 unspecified atom stereocenters. The number of benzene rings is 2. The maximum atomic E-state index is 12.3. The molecule has 0 atom stereocenters. The second-order valence-corrected chi connectivity index (χ2v) is 8.17. The Kier molecular flexibility index (Phi) is 6.34. The SMILES string of the molecule is O=c1[nH]c(=O)n(-c2ccc(Cl)cc2)c(O)c1C=NC1CC[NH+](Cc2ccccc2)CC1. The molecule has 0 amide bonds. The minimum atomic E-state index is -0.722. The van der Waals surface area contributed by atoms with Crippen molar-refractivity contribution < 1.29 is 10.0 Å². The van der Waals surface area contributed by atoms with Gasteiger partial charge in [-0.1, -0.05) is 41.9 Å². The fourth-order valence-electron chi connectivity index (χ4n) is 3.89. The highest BCUT2D eigenvalue weighted by Crippen LogP contribution is 2.18. The molecule has 0 aliphatic carbocycles. The largest absolute Gasteiger partial charge is 0.493 e. The third-order valence-electron chi connectivity index (χ3n) is 5.58. The first-order valence-corrected chi connectivity index (χ1v) is 10.6. The number of aromatic amines is 1. The van der Waals surface area contributed by atoms with Crippen molar-refractivity contribution in [2.75, 3.05) is 13.1 Å². The third kappa shape index (κ3) is 4.95. The molecule has 1 aliphatic rings. The van der Waals surface area contributed by atoms with Gasteiger partial charge in [0.15, 0.2) is 0 Å². The van der Waals surface area contributed by atoms with Crippen LogP contribution in [0.25, 0.3) is 5.69 Å². The van der Waals surface area contributed by atoms with Crippen LogP contribution < -0.4 is 16.1 Å². The second kappa shape index (κ2) is 9.32. The molecule has 0 saturated carbocycles. The zero-order valence-corrected chi connectivity index (χ0v) is 17.7. The summed E-state index contributed by atoms with van der Waals surface area (Å²) >= 11 is 5.90. The summed E-state index contributed by atoms with van der Waals surface area (Å²) in [5.74, 6) is -0.438. The lowest BCUT2D eigenvalue weighted by molar-refractivity contribution is -0.918. The summed E-state index contributed by atoms with van der Waals surface area (Å²) in [6.07, 6.45) is 3.18. The monoisotopic (exact) mass is 439 g/mol. The van der Waals surface area contributed by atoms with Crippen LogP contribution in [0.3, 0.4) is 0 Å². The summed E-state index contributed by atoms with van der Waals surface area (Å²) < 4.78 is 1.03. The molecule has 7 nitrogen and oxygen atoms in total. The molecule has 160 valence electrons. The van der Waals surface area contributed by atoms with E-state index in [-0.39, 0.29) is 11.6 Å².